The maximum Gasteiger partial charge on any atom is 0.412 e. The summed E-state index contributed by atoms with van der Waals surface area (Å²) in [5.74, 6) is -1.70. The second-order valence-electron chi connectivity index (χ2n) is 7.52. The highest BCUT2D eigenvalue weighted by atomic mass is 16.6. The van der Waals surface area contributed by atoms with Gasteiger partial charge < -0.3 is 19.0 Å². The summed E-state index contributed by atoms with van der Waals surface area (Å²) in [7, 11) is 1.29. The maximum absolute atomic E-state index is 12.6. The number of rotatable bonds is 3. The molecule has 4 unspecified atom stereocenters. The molecular weight excluding hydrogens is 302 g/mol. The maximum atomic E-state index is 12.6. The number of hydrogen-bond donors (Lipinski definition) is 0. The quantitative estimate of drug-likeness (QED) is 0.578. The molecule has 7 nitrogen and oxygen atoms in total. The largest absolute Gasteiger partial charge is 0.469 e. The summed E-state index contributed by atoms with van der Waals surface area (Å²) in [4.78, 5) is 37.2. The van der Waals surface area contributed by atoms with Gasteiger partial charge in [-0.2, -0.15) is 0 Å². The van der Waals surface area contributed by atoms with E-state index in [0.717, 1.165) is 6.29 Å². The summed E-state index contributed by atoms with van der Waals surface area (Å²) in [5.41, 5.74) is -1.50. The molecular formula is C16H25NO6. The molecule has 1 saturated carbocycles. The Morgan fingerprint density at radius 1 is 1.30 bits per heavy atom. The highest BCUT2D eigenvalue weighted by molar-refractivity contribution is 5.83. The lowest BCUT2D eigenvalue weighted by Gasteiger charge is -2.35. The third-order valence-corrected chi connectivity index (χ3v) is 4.32. The zero-order chi connectivity index (χ0) is 17.6. The molecule has 2 aliphatic rings. The minimum atomic E-state index is -0.857. The van der Waals surface area contributed by atoms with Gasteiger partial charge in [-0.15, -0.1) is 0 Å². The Bertz CT molecular complexity index is 509. The van der Waals surface area contributed by atoms with Crippen LogP contribution in [0.3, 0.4) is 0 Å². The van der Waals surface area contributed by atoms with E-state index in [1.165, 1.54) is 12.0 Å². The van der Waals surface area contributed by atoms with Crippen molar-refractivity contribution in [3.05, 3.63) is 0 Å². The number of amides is 1. The smallest absolute Gasteiger partial charge is 0.412 e. The molecule has 130 valence electrons. The minimum Gasteiger partial charge on any atom is -0.469 e. The normalized spacial score (nSPS) is 32.3. The van der Waals surface area contributed by atoms with Crippen molar-refractivity contribution in [3.63, 3.8) is 0 Å². The van der Waals surface area contributed by atoms with Gasteiger partial charge in [-0.05, 0) is 34.6 Å². The van der Waals surface area contributed by atoms with Crippen LogP contribution < -0.4 is 0 Å². The first-order valence-electron chi connectivity index (χ1n) is 7.73. The van der Waals surface area contributed by atoms with Crippen molar-refractivity contribution in [1.29, 1.82) is 0 Å². The molecule has 1 heterocycles. The fourth-order valence-electron chi connectivity index (χ4n) is 3.26. The van der Waals surface area contributed by atoms with Gasteiger partial charge in [0.05, 0.1) is 25.7 Å². The SMILES string of the molecule is COC(=O)C1C(C=O)C1C1COC(C)(C)N1C(=O)OC(C)(C)C. The van der Waals surface area contributed by atoms with Crippen LogP contribution in [0.15, 0.2) is 0 Å². The first-order chi connectivity index (χ1) is 10.5. The third-order valence-electron chi connectivity index (χ3n) is 4.32. The van der Waals surface area contributed by atoms with E-state index >= 15 is 0 Å². The lowest BCUT2D eigenvalue weighted by Crippen LogP contribution is -2.50. The summed E-state index contributed by atoms with van der Waals surface area (Å²) >= 11 is 0. The van der Waals surface area contributed by atoms with Crippen LogP contribution in [0.25, 0.3) is 0 Å². The van der Waals surface area contributed by atoms with Crippen LogP contribution in [0.5, 0.6) is 0 Å². The molecule has 7 heteroatoms. The zero-order valence-electron chi connectivity index (χ0n) is 14.5. The van der Waals surface area contributed by atoms with E-state index in [9.17, 15) is 14.4 Å². The molecule has 0 aromatic carbocycles. The van der Waals surface area contributed by atoms with Crippen molar-refractivity contribution in [1.82, 2.24) is 4.90 Å². The van der Waals surface area contributed by atoms with Crippen LogP contribution in [0, 0.1) is 17.8 Å². The van der Waals surface area contributed by atoms with Gasteiger partial charge in [-0.1, -0.05) is 0 Å². The topological polar surface area (TPSA) is 82.1 Å². The Kier molecular flexibility index (Phi) is 4.45. The van der Waals surface area contributed by atoms with Gasteiger partial charge in [0.2, 0.25) is 0 Å². The number of nitrogens with zero attached hydrogens (tertiary/aromatic N) is 1. The van der Waals surface area contributed by atoms with Crippen molar-refractivity contribution in [2.75, 3.05) is 13.7 Å². The molecule has 0 aromatic rings. The number of carbonyl (C=O) groups excluding carboxylic acids is 3. The van der Waals surface area contributed by atoms with E-state index in [1.807, 2.05) is 0 Å². The van der Waals surface area contributed by atoms with Crippen LogP contribution in [0.2, 0.25) is 0 Å². The highest BCUT2D eigenvalue weighted by Crippen LogP contribution is 2.52. The van der Waals surface area contributed by atoms with Crippen molar-refractivity contribution < 1.29 is 28.6 Å². The average Bonchev–Trinajstić information content (AvgIpc) is 3.05. The fraction of sp³-hybridized carbons (Fsp3) is 0.812. The Labute approximate surface area is 136 Å². The predicted molar refractivity (Wildman–Crippen MR) is 80.4 cm³/mol. The highest BCUT2D eigenvalue weighted by Gasteiger charge is 2.64. The summed E-state index contributed by atoms with van der Waals surface area (Å²) in [6.45, 7) is 9.14. The van der Waals surface area contributed by atoms with Crippen LogP contribution >= 0.6 is 0 Å². The standard InChI is InChI=1S/C16H25NO6/c1-15(2,3)23-14(20)17-10(8-22-16(17,4)5)11-9(7-18)12(11)13(19)21-6/h7,9-12H,8H2,1-6H3. The molecule has 4 atom stereocenters. The van der Waals surface area contributed by atoms with Crippen molar-refractivity contribution >= 4 is 18.3 Å². The average molecular weight is 327 g/mol. The number of ether oxygens (including phenoxy) is 3. The Balaban J connectivity index is 2.22. The number of hydrogen-bond acceptors (Lipinski definition) is 6. The van der Waals surface area contributed by atoms with Gasteiger partial charge in [-0.25, -0.2) is 4.79 Å². The van der Waals surface area contributed by atoms with Crippen LogP contribution in [-0.2, 0) is 23.8 Å². The van der Waals surface area contributed by atoms with Gasteiger partial charge in [0, 0.05) is 11.8 Å². The zero-order valence-corrected chi connectivity index (χ0v) is 14.5. The van der Waals surface area contributed by atoms with Crippen LogP contribution in [0.4, 0.5) is 4.79 Å². The summed E-state index contributed by atoms with van der Waals surface area (Å²) < 4.78 is 15.9. The fourth-order valence-corrected chi connectivity index (χ4v) is 3.26. The molecule has 1 aliphatic heterocycles. The van der Waals surface area contributed by atoms with Gasteiger partial charge in [-0.3, -0.25) is 9.69 Å². The molecule has 1 amide bonds. The lowest BCUT2D eigenvalue weighted by atomic mass is 10.1. The number of esters is 1. The predicted octanol–water partition coefficient (Wildman–Crippen LogP) is 1.59. The number of carbonyl (C=O) groups is 3. The minimum absolute atomic E-state index is 0.259. The molecule has 23 heavy (non-hydrogen) atoms. The summed E-state index contributed by atoms with van der Waals surface area (Å²) in [6, 6.07) is -0.390. The van der Waals surface area contributed by atoms with Crippen molar-refractivity contribution in [3.8, 4) is 0 Å². The van der Waals surface area contributed by atoms with Gasteiger partial charge >= 0.3 is 12.1 Å². The first kappa shape index (κ1) is 17.7. The van der Waals surface area contributed by atoms with Gasteiger partial charge in [0.1, 0.15) is 17.6 Å². The molecule has 1 aliphatic carbocycles. The van der Waals surface area contributed by atoms with E-state index in [4.69, 9.17) is 14.2 Å². The van der Waals surface area contributed by atoms with Gasteiger partial charge in [0.15, 0.2) is 0 Å². The molecule has 2 fully saturated rings. The van der Waals surface area contributed by atoms with Crippen LogP contribution in [-0.4, -0.2) is 54.3 Å². The second-order valence-corrected chi connectivity index (χ2v) is 7.52. The van der Waals surface area contributed by atoms with E-state index < -0.39 is 35.2 Å². The monoisotopic (exact) mass is 327 g/mol. The Morgan fingerprint density at radius 2 is 1.91 bits per heavy atom. The second kappa shape index (κ2) is 5.78. The molecule has 0 aromatic heterocycles. The van der Waals surface area contributed by atoms with Crippen molar-refractivity contribution in [2.24, 2.45) is 17.8 Å². The summed E-state index contributed by atoms with van der Waals surface area (Å²) in [5, 5.41) is 0. The molecule has 0 spiro atoms. The molecule has 1 saturated heterocycles. The Hall–Kier alpha value is -1.63. The molecule has 2 rings (SSSR count). The molecule has 0 radical (unpaired) electrons. The lowest BCUT2D eigenvalue weighted by molar-refractivity contribution is -0.143. The summed E-state index contributed by atoms with van der Waals surface area (Å²) in [6.07, 6.45) is 0.246. The van der Waals surface area contributed by atoms with Crippen molar-refractivity contribution in [2.45, 2.75) is 52.0 Å². The van der Waals surface area contributed by atoms with Gasteiger partial charge in [0.25, 0.3) is 0 Å². The first-order valence-corrected chi connectivity index (χ1v) is 7.73. The van der Waals surface area contributed by atoms with Crippen LogP contribution in [0.1, 0.15) is 34.6 Å². The van der Waals surface area contributed by atoms with E-state index in [2.05, 4.69) is 0 Å². The van der Waals surface area contributed by atoms with E-state index in [1.54, 1.807) is 34.6 Å². The number of methoxy groups -OCH3 is 1. The third kappa shape index (κ3) is 3.34. The Morgan fingerprint density at radius 3 is 2.39 bits per heavy atom. The molecule has 0 N–H and O–H groups in total. The van der Waals surface area contributed by atoms with E-state index in [0.29, 0.717) is 0 Å². The molecule has 0 bridgehead atoms. The number of aldehydes is 1. The van der Waals surface area contributed by atoms with E-state index in [-0.39, 0.29) is 18.6 Å².